The van der Waals surface area contributed by atoms with Gasteiger partial charge in [-0.05, 0) is 24.5 Å². The maximum Gasteiger partial charge on any atom is 0.315 e. The molecule has 134 valence electrons. The van der Waals surface area contributed by atoms with E-state index in [0.717, 1.165) is 18.2 Å². The molecule has 0 radical (unpaired) electrons. The maximum absolute atomic E-state index is 12.1. The zero-order chi connectivity index (χ0) is 18.4. The van der Waals surface area contributed by atoms with Gasteiger partial charge in [0.2, 0.25) is 0 Å². The monoisotopic (exact) mass is 350 g/mol. The summed E-state index contributed by atoms with van der Waals surface area (Å²) in [5, 5.41) is 11.3. The molecule has 0 bridgehead atoms. The lowest BCUT2D eigenvalue weighted by Gasteiger charge is -2.10. The summed E-state index contributed by atoms with van der Waals surface area (Å²) >= 11 is 0. The summed E-state index contributed by atoms with van der Waals surface area (Å²) < 4.78 is 1.30. The van der Waals surface area contributed by atoms with Gasteiger partial charge in [-0.25, -0.2) is 9.48 Å². The van der Waals surface area contributed by atoms with Crippen LogP contribution in [0.3, 0.4) is 0 Å². The SMILES string of the molecule is Cn1nc(CNC(=O)NCCCc2ccccc2)c2ccccc2c1=O. The number of aromatic nitrogens is 2. The third kappa shape index (κ3) is 4.27. The normalized spacial score (nSPS) is 10.7. The maximum atomic E-state index is 12.1. The minimum absolute atomic E-state index is 0.144. The Morgan fingerprint density at radius 2 is 1.69 bits per heavy atom. The van der Waals surface area contributed by atoms with Crippen LogP contribution in [0.2, 0.25) is 0 Å². The van der Waals surface area contributed by atoms with E-state index in [0.29, 0.717) is 17.6 Å². The number of nitrogens with zero attached hydrogens (tertiary/aromatic N) is 2. The molecule has 1 heterocycles. The average molecular weight is 350 g/mol. The molecule has 0 atom stereocenters. The quantitative estimate of drug-likeness (QED) is 0.670. The van der Waals surface area contributed by atoms with Crippen LogP contribution in [-0.4, -0.2) is 22.4 Å². The second-order valence-electron chi connectivity index (χ2n) is 6.12. The Labute approximate surface area is 151 Å². The van der Waals surface area contributed by atoms with E-state index in [1.807, 2.05) is 36.4 Å². The van der Waals surface area contributed by atoms with Crippen molar-refractivity contribution in [3.8, 4) is 0 Å². The highest BCUT2D eigenvalue weighted by Gasteiger charge is 2.09. The summed E-state index contributed by atoms with van der Waals surface area (Å²) in [4.78, 5) is 24.1. The Hall–Kier alpha value is -3.15. The first-order chi connectivity index (χ1) is 12.6. The van der Waals surface area contributed by atoms with Crippen molar-refractivity contribution in [2.75, 3.05) is 6.54 Å². The Balaban J connectivity index is 1.53. The van der Waals surface area contributed by atoms with Crippen molar-refractivity contribution in [3.05, 3.63) is 76.2 Å². The van der Waals surface area contributed by atoms with Gasteiger partial charge >= 0.3 is 6.03 Å². The number of rotatable bonds is 6. The fraction of sp³-hybridized carbons (Fsp3) is 0.250. The van der Waals surface area contributed by atoms with Crippen LogP contribution in [0.25, 0.3) is 10.8 Å². The predicted octanol–water partition coefficient (Wildman–Crippen LogP) is 2.37. The average Bonchev–Trinajstić information content (AvgIpc) is 2.68. The van der Waals surface area contributed by atoms with Gasteiger partial charge < -0.3 is 10.6 Å². The number of carbonyl (C=O) groups excluding carboxylic acids is 1. The van der Waals surface area contributed by atoms with Gasteiger partial charge in [-0.1, -0.05) is 48.5 Å². The van der Waals surface area contributed by atoms with Crippen molar-refractivity contribution in [1.82, 2.24) is 20.4 Å². The van der Waals surface area contributed by atoms with Crippen molar-refractivity contribution in [1.29, 1.82) is 0 Å². The van der Waals surface area contributed by atoms with Gasteiger partial charge in [0.25, 0.3) is 5.56 Å². The zero-order valence-electron chi connectivity index (χ0n) is 14.7. The molecule has 0 spiro atoms. The molecule has 2 aromatic carbocycles. The van der Waals surface area contributed by atoms with Crippen molar-refractivity contribution < 1.29 is 4.79 Å². The summed E-state index contributed by atoms with van der Waals surface area (Å²) in [5.74, 6) is 0. The minimum atomic E-state index is -0.238. The van der Waals surface area contributed by atoms with Gasteiger partial charge in [0.15, 0.2) is 0 Å². The van der Waals surface area contributed by atoms with E-state index < -0.39 is 0 Å². The Morgan fingerprint density at radius 3 is 2.46 bits per heavy atom. The Bertz CT molecular complexity index is 951. The number of fused-ring (bicyclic) bond motifs is 1. The fourth-order valence-corrected chi connectivity index (χ4v) is 2.87. The van der Waals surface area contributed by atoms with Crippen LogP contribution in [-0.2, 0) is 20.0 Å². The van der Waals surface area contributed by atoms with Crippen molar-refractivity contribution >= 4 is 16.8 Å². The standard InChI is InChI=1S/C20H22N4O2/c1-24-19(25)17-12-6-5-11-16(17)18(23-24)14-22-20(26)21-13-7-10-15-8-3-2-4-9-15/h2-6,8-9,11-12H,7,10,13-14H2,1H3,(H2,21,22,26). The molecule has 0 aliphatic carbocycles. The number of amides is 2. The molecular weight excluding hydrogens is 328 g/mol. The summed E-state index contributed by atoms with van der Waals surface area (Å²) in [6.07, 6.45) is 1.80. The van der Waals surface area contributed by atoms with Crippen LogP contribution >= 0.6 is 0 Å². The molecule has 0 fully saturated rings. The highest BCUT2D eigenvalue weighted by Crippen LogP contribution is 2.12. The molecule has 0 saturated carbocycles. The second-order valence-corrected chi connectivity index (χ2v) is 6.12. The first-order valence-corrected chi connectivity index (χ1v) is 8.65. The Kier molecular flexibility index (Phi) is 5.63. The van der Waals surface area contributed by atoms with E-state index in [4.69, 9.17) is 0 Å². The van der Waals surface area contributed by atoms with Gasteiger partial charge in [-0.15, -0.1) is 0 Å². The molecule has 0 unspecified atom stereocenters. The fourth-order valence-electron chi connectivity index (χ4n) is 2.87. The lowest BCUT2D eigenvalue weighted by molar-refractivity contribution is 0.240. The molecule has 1 aromatic heterocycles. The smallest absolute Gasteiger partial charge is 0.315 e. The predicted molar refractivity (Wildman–Crippen MR) is 102 cm³/mol. The summed E-state index contributed by atoms with van der Waals surface area (Å²) in [6, 6.07) is 17.2. The van der Waals surface area contributed by atoms with Crippen LogP contribution in [0.15, 0.2) is 59.4 Å². The highest BCUT2D eigenvalue weighted by molar-refractivity contribution is 5.84. The van der Waals surface area contributed by atoms with Crippen LogP contribution in [0.5, 0.6) is 0 Å². The number of aryl methyl sites for hydroxylation is 2. The number of carbonyl (C=O) groups is 1. The van der Waals surface area contributed by atoms with Crippen LogP contribution in [0.4, 0.5) is 4.79 Å². The Morgan fingerprint density at radius 1 is 1.00 bits per heavy atom. The number of hydrogen-bond acceptors (Lipinski definition) is 3. The van der Waals surface area contributed by atoms with Crippen molar-refractivity contribution in [3.63, 3.8) is 0 Å². The van der Waals surface area contributed by atoms with E-state index in [1.165, 1.54) is 10.2 Å². The summed E-state index contributed by atoms with van der Waals surface area (Å²) in [7, 11) is 1.61. The molecule has 2 amide bonds. The third-order valence-corrected chi connectivity index (χ3v) is 4.22. The molecule has 6 nitrogen and oxygen atoms in total. The van der Waals surface area contributed by atoms with E-state index in [1.54, 1.807) is 13.1 Å². The van der Waals surface area contributed by atoms with Crippen LogP contribution in [0, 0.1) is 0 Å². The van der Waals surface area contributed by atoms with Gasteiger partial charge in [0, 0.05) is 19.0 Å². The third-order valence-electron chi connectivity index (χ3n) is 4.22. The van der Waals surface area contributed by atoms with Gasteiger partial charge in [-0.3, -0.25) is 4.79 Å². The lowest BCUT2D eigenvalue weighted by atomic mass is 10.1. The first kappa shape index (κ1) is 17.7. The molecule has 3 aromatic rings. The van der Waals surface area contributed by atoms with E-state index in [-0.39, 0.29) is 18.1 Å². The molecule has 6 heteroatoms. The van der Waals surface area contributed by atoms with E-state index >= 15 is 0 Å². The van der Waals surface area contributed by atoms with Crippen molar-refractivity contribution in [2.45, 2.75) is 19.4 Å². The van der Waals surface area contributed by atoms with Gasteiger partial charge in [0.05, 0.1) is 17.6 Å². The van der Waals surface area contributed by atoms with Crippen molar-refractivity contribution in [2.24, 2.45) is 7.05 Å². The summed E-state index contributed by atoms with van der Waals surface area (Å²) in [6.45, 7) is 0.862. The minimum Gasteiger partial charge on any atom is -0.338 e. The molecule has 0 aliphatic rings. The lowest BCUT2D eigenvalue weighted by Crippen LogP contribution is -2.36. The topological polar surface area (TPSA) is 76.0 Å². The molecule has 3 rings (SSSR count). The number of hydrogen-bond donors (Lipinski definition) is 2. The van der Waals surface area contributed by atoms with Gasteiger partial charge in [0.1, 0.15) is 0 Å². The van der Waals surface area contributed by atoms with E-state index in [9.17, 15) is 9.59 Å². The van der Waals surface area contributed by atoms with Gasteiger partial charge in [-0.2, -0.15) is 5.10 Å². The number of benzene rings is 2. The molecule has 2 N–H and O–H groups in total. The second kappa shape index (κ2) is 8.29. The first-order valence-electron chi connectivity index (χ1n) is 8.65. The number of nitrogens with one attached hydrogen (secondary N) is 2. The largest absolute Gasteiger partial charge is 0.338 e. The molecule has 0 aliphatic heterocycles. The zero-order valence-corrected chi connectivity index (χ0v) is 14.7. The highest BCUT2D eigenvalue weighted by atomic mass is 16.2. The van der Waals surface area contributed by atoms with Crippen LogP contribution < -0.4 is 16.2 Å². The molecular formula is C20H22N4O2. The molecule has 26 heavy (non-hydrogen) atoms. The molecule has 0 saturated heterocycles. The van der Waals surface area contributed by atoms with Crippen LogP contribution in [0.1, 0.15) is 17.7 Å². The number of urea groups is 1. The summed E-state index contributed by atoms with van der Waals surface area (Å²) in [5.41, 5.74) is 1.78. The van der Waals surface area contributed by atoms with E-state index in [2.05, 4.69) is 27.9 Å².